The van der Waals surface area contributed by atoms with Crippen LogP contribution in [-0.4, -0.2) is 54.4 Å². The van der Waals surface area contributed by atoms with Gasteiger partial charge in [0, 0.05) is 31.4 Å². The average Bonchev–Trinajstić information content (AvgIpc) is 3.32. The van der Waals surface area contributed by atoms with Crippen LogP contribution in [0, 0.1) is 17.8 Å². The van der Waals surface area contributed by atoms with Crippen molar-refractivity contribution in [3.63, 3.8) is 0 Å². The van der Waals surface area contributed by atoms with E-state index in [4.69, 9.17) is 4.74 Å². The number of rotatable bonds is 5. The number of nitrogens with zero attached hydrogens (tertiary/aromatic N) is 2. The fourth-order valence-corrected chi connectivity index (χ4v) is 8.83. The van der Waals surface area contributed by atoms with Crippen LogP contribution >= 0.6 is 11.8 Å². The number of benzene rings is 2. The van der Waals surface area contributed by atoms with Crippen molar-refractivity contribution >= 4 is 28.5 Å². The molecule has 40 heavy (non-hydrogen) atoms. The zero-order valence-electron chi connectivity index (χ0n) is 23.9. The molecular formula is C33H41N3O3S. The van der Waals surface area contributed by atoms with E-state index in [1.807, 2.05) is 25.3 Å². The van der Waals surface area contributed by atoms with Gasteiger partial charge in [0.25, 0.3) is 5.91 Å². The Hall–Kier alpha value is -2.77. The minimum Gasteiger partial charge on any atom is -0.508 e. The van der Waals surface area contributed by atoms with Crippen LogP contribution < -0.4 is 5.32 Å². The summed E-state index contributed by atoms with van der Waals surface area (Å²) < 4.78 is 5.44. The maximum Gasteiger partial charge on any atom is 0.285 e. The number of carbonyl (C=O) groups is 1. The Bertz CT molecular complexity index is 1330. The van der Waals surface area contributed by atoms with Gasteiger partial charge in [-0.3, -0.25) is 4.79 Å². The molecule has 2 aromatic carbocycles. The molecule has 6 rings (SSSR count). The molecule has 7 heteroatoms. The molecule has 6 nitrogen and oxygen atoms in total. The SMILES string of the molecule is CNc1ccc(-c2ccc(O)c(C34CC(C)CC(CC(C)C3)C4)c2)cc1C/C=C1\SC(N2CCOCC2)=NC1=O. The Morgan fingerprint density at radius 1 is 1.07 bits per heavy atom. The first-order chi connectivity index (χ1) is 19.3. The third-order valence-electron chi connectivity index (χ3n) is 9.30. The highest BCUT2D eigenvalue weighted by atomic mass is 32.2. The predicted molar refractivity (Wildman–Crippen MR) is 164 cm³/mol. The van der Waals surface area contributed by atoms with Crippen molar-refractivity contribution in [1.82, 2.24) is 4.90 Å². The van der Waals surface area contributed by atoms with E-state index in [1.165, 1.54) is 31.0 Å². The standard InChI is InChI=1S/C33H41N3O3S/c1-21-14-23-15-22(2)19-33(18-21,20-23)27-17-25(5-8-29(27)37)24-4-7-28(34-3)26(16-24)6-9-30-31(38)35-32(40-30)36-10-12-39-13-11-36/h4-5,7-9,16-17,21-23,34,37H,6,10-15,18-20H2,1-3H3/b30-9-. The molecule has 1 saturated heterocycles. The maximum absolute atomic E-state index is 12.7. The van der Waals surface area contributed by atoms with Gasteiger partial charge in [0.05, 0.1) is 18.1 Å². The van der Waals surface area contributed by atoms with Gasteiger partial charge in [-0.1, -0.05) is 32.1 Å². The van der Waals surface area contributed by atoms with E-state index >= 15 is 0 Å². The molecule has 2 atom stereocenters. The summed E-state index contributed by atoms with van der Waals surface area (Å²) in [5, 5.41) is 15.2. The van der Waals surface area contributed by atoms with Gasteiger partial charge in [-0.2, -0.15) is 4.99 Å². The Balaban J connectivity index is 1.26. The van der Waals surface area contributed by atoms with Crippen LogP contribution in [0.4, 0.5) is 5.69 Å². The van der Waals surface area contributed by atoms with Crippen molar-refractivity contribution in [2.75, 3.05) is 38.7 Å². The summed E-state index contributed by atoms with van der Waals surface area (Å²) in [6.45, 7) is 7.65. The molecule has 1 amide bonds. The lowest BCUT2D eigenvalue weighted by atomic mass is 9.54. The van der Waals surface area contributed by atoms with Crippen LogP contribution in [0.5, 0.6) is 5.75 Å². The number of hydrogen-bond donors (Lipinski definition) is 2. The third-order valence-corrected chi connectivity index (χ3v) is 10.4. The summed E-state index contributed by atoms with van der Waals surface area (Å²) in [6.07, 6.45) is 8.78. The maximum atomic E-state index is 12.7. The number of fused-ring (bicyclic) bond motifs is 2. The second-order valence-electron chi connectivity index (χ2n) is 12.5. The number of nitrogens with one attached hydrogen (secondary N) is 1. The van der Waals surface area contributed by atoms with Gasteiger partial charge in [0.1, 0.15) is 5.75 Å². The zero-order valence-corrected chi connectivity index (χ0v) is 24.7. The summed E-state index contributed by atoms with van der Waals surface area (Å²) in [6, 6.07) is 12.7. The van der Waals surface area contributed by atoms with Gasteiger partial charge in [0.15, 0.2) is 5.17 Å². The molecule has 0 radical (unpaired) electrons. The van der Waals surface area contributed by atoms with Crippen molar-refractivity contribution in [2.24, 2.45) is 22.7 Å². The molecule has 2 heterocycles. The first kappa shape index (κ1) is 27.4. The highest BCUT2D eigenvalue weighted by Gasteiger charge is 2.46. The topological polar surface area (TPSA) is 74.2 Å². The summed E-state index contributed by atoms with van der Waals surface area (Å²) in [4.78, 5) is 19.8. The molecule has 0 spiro atoms. The lowest BCUT2D eigenvalue weighted by Gasteiger charge is -2.50. The van der Waals surface area contributed by atoms with Crippen molar-refractivity contribution in [3.05, 3.63) is 58.5 Å². The monoisotopic (exact) mass is 559 g/mol. The van der Waals surface area contributed by atoms with E-state index in [2.05, 4.69) is 53.3 Å². The Morgan fingerprint density at radius 2 is 1.77 bits per heavy atom. The van der Waals surface area contributed by atoms with E-state index in [-0.39, 0.29) is 11.3 Å². The van der Waals surface area contributed by atoms with Crippen LogP contribution in [0.1, 0.15) is 57.1 Å². The Labute approximate surface area is 242 Å². The number of aromatic hydroxyl groups is 1. The van der Waals surface area contributed by atoms with Crippen LogP contribution in [0.15, 0.2) is 52.4 Å². The lowest BCUT2D eigenvalue weighted by molar-refractivity contribution is -0.113. The fourth-order valence-electron chi connectivity index (χ4n) is 7.89. The van der Waals surface area contributed by atoms with Crippen LogP contribution in [0.25, 0.3) is 11.1 Å². The highest BCUT2D eigenvalue weighted by Crippen LogP contribution is 2.56. The molecule has 2 bridgehead atoms. The number of amides is 1. The van der Waals surface area contributed by atoms with Gasteiger partial charge in [-0.05, 0) is 114 Å². The third kappa shape index (κ3) is 5.42. The Kier molecular flexibility index (Phi) is 7.71. The van der Waals surface area contributed by atoms with Crippen molar-refractivity contribution < 1.29 is 14.6 Å². The molecule has 4 aliphatic rings. The van der Waals surface area contributed by atoms with E-state index < -0.39 is 0 Å². The smallest absolute Gasteiger partial charge is 0.285 e. The first-order valence-corrected chi connectivity index (χ1v) is 15.6. The van der Waals surface area contributed by atoms with Crippen molar-refractivity contribution in [1.29, 1.82) is 0 Å². The molecule has 2 aliphatic carbocycles. The van der Waals surface area contributed by atoms with E-state index in [0.29, 0.717) is 42.1 Å². The number of ether oxygens (including phenoxy) is 1. The number of hydrogen-bond acceptors (Lipinski definition) is 6. The number of allylic oxidation sites excluding steroid dienone is 1. The number of carbonyl (C=O) groups excluding carboxylic acids is 1. The minimum atomic E-state index is -0.155. The van der Waals surface area contributed by atoms with E-state index in [9.17, 15) is 9.90 Å². The average molecular weight is 560 g/mol. The molecule has 3 fully saturated rings. The molecule has 0 aromatic heterocycles. The fraction of sp³-hybridized carbons (Fsp3) is 0.515. The normalized spacial score (nSPS) is 29.5. The Morgan fingerprint density at radius 3 is 2.50 bits per heavy atom. The number of morpholine rings is 1. The molecule has 2 aliphatic heterocycles. The first-order valence-electron chi connectivity index (χ1n) is 14.8. The predicted octanol–water partition coefficient (Wildman–Crippen LogP) is 6.59. The van der Waals surface area contributed by atoms with Crippen molar-refractivity contribution in [2.45, 2.75) is 57.8 Å². The van der Waals surface area contributed by atoms with Crippen LogP contribution in [0.3, 0.4) is 0 Å². The molecule has 212 valence electrons. The van der Waals surface area contributed by atoms with Crippen LogP contribution in [0.2, 0.25) is 0 Å². The number of aliphatic imine (C=N–C) groups is 1. The number of anilines is 1. The zero-order chi connectivity index (χ0) is 27.9. The van der Waals surface area contributed by atoms with Crippen LogP contribution in [-0.2, 0) is 21.4 Å². The second-order valence-corrected chi connectivity index (χ2v) is 13.5. The minimum absolute atomic E-state index is 0.0660. The highest BCUT2D eigenvalue weighted by molar-refractivity contribution is 8.18. The number of amidine groups is 1. The van der Waals surface area contributed by atoms with Crippen molar-refractivity contribution in [3.8, 4) is 16.9 Å². The molecule has 2 saturated carbocycles. The summed E-state index contributed by atoms with van der Waals surface area (Å²) in [5.74, 6) is 2.42. The number of phenolic OH excluding ortho intramolecular Hbond substituents is 1. The number of phenols is 1. The number of thioether (sulfide) groups is 1. The van der Waals surface area contributed by atoms with Gasteiger partial charge in [-0.15, -0.1) is 0 Å². The van der Waals surface area contributed by atoms with Gasteiger partial charge in [0.2, 0.25) is 0 Å². The molecule has 2 unspecified atom stereocenters. The van der Waals surface area contributed by atoms with E-state index in [1.54, 1.807) is 0 Å². The second kappa shape index (κ2) is 11.2. The molecule has 2 N–H and O–H groups in total. The summed E-state index contributed by atoms with van der Waals surface area (Å²) >= 11 is 1.47. The van der Waals surface area contributed by atoms with Gasteiger partial charge < -0.3 is 20.1 Å². The quantitative estimate of drug-likeness (QED) is 0.403. The molecule has 2 aromatic rings. The summed E-state index contributed by atoms with van der Waals surface area (Å²) in [7, 11) is 1.93. The largest absolute Gasteiger partial charge is 0.508 e. The van der Waals surface area contributed by atoms with Gasteiger partial charge in [-0.25, -0.2) is 0 Å². The molecular weight excluding hydrogens is 518 g/mol. The lowest BCUT2D eigenvalue weighted by Crippen LogP contribution is -2.42. The summed E-state index contributed by atoms with van der Waals surface area (Å²) in [5.41, 5.74) is 5.64. The van der Waals surface area contributed by atoms with Gasteiger partial charge >= 0.3 is 0 Å². The van der Waals surface area contributed by atoms with E-state index in [0.717, 1.165) is 65.0 Å².